The molecule has 1 rings (SSSR count). The van der Waals surface area contributed by atoms with Gasteiger partial charge in [-0.25, -0.2) is 0 Å². The summed E-state index contributed by atoms with van der Waals surface area (Å²) in [6.45, 7) is 3.03. The topological polar surface area (TPSA) is 50.7 Å². The number of aliphatic hydroxyl groups is 1. The van der Waals surface area contributed by atoms with Gasteiger partial charge in [-0.15, -0.1) is 6.42 Å². The predicted octanol–water partition coefficient (Wildman–Crippen LogP) is 1.18. The minimum absolute atomic E-state index is 0.198. The van der Waals surface area contributed by atoms with E-state index in [1.165, 1.54) is 0 Å². The Morgan fingerprint density at radius 2 is 2.28 bits per heavy atom. The van der Waals surface area contributed by atoms with Crippen molar-refractivity contribution in [2.75, 3.05) is 20.3 Å². The third-order valence-electron chi connectivity index (χ3n) is 2.34. The molecule has 98 valence electrons. The molecule has 0 saturated carbocycles. The Morgan fingerprint density at radius 1 is 1.50 bits per heavy atom. The highest BCUT2D eigenvalue weighted by atomic mass is 16.5. The molecule has 1 aromatic rings. The monoisotopic (exact) mass is 249 g/mol. The highest BCUT2D eigenvalue weighted by Crippen LogP contribution is 2.30. The number of methoxy groups -OCH3 is 1. The van der Waals surface area contributed by atoms with Crippen LogP contribution in [0.15, 0.2) is 18.2 Å². The third-order valence-corrected chi connectivity index (χ3v) is 2.34. The lowest BCUT2D eigenvalue weighted by Gasteiger charge is -2.14. The minimum atomic E-state index is -0.384. The van der Waals surface area contributed by atoms with Crippen molar-refractivity contribution in [3.05, 3.63) is 23.8 Å². The summed E-state index contributed by atoms with van der Waals surface area (Å²) in [4.78, 5) is 0. The number of rotatable bonds is 7. The fraction of sp³-hybridized carbons (Fsp3) is 0.429. The van der Waals surface area contributed by atoms with Crippen LogP contribution in [0.1, 0.15) is 12.5 Å². The van der Waals surface area contributed by atoms with Gasteiger partial charge in [-0.1, -0.05) is 18.1 Å². The van der Waals surface area contributed by atoms with Gasteiger partial charge in [0.15, 0.2) is 11.5 Å². The smallest absolute Gasteiger partial charge is 0.167 e. The average molecular weight is 249 g/mol. The molecule has 0 aromatic heterocycles. The minimum Gasteiger partial charge on any atom is -0.493 e. The molecule has 0 saturated heterocycles. The molecule has 1 atom stereocenters. The molecular weight excluding hydrogens is 230 g/mol. The van der Waals surface area contributed by atoms with Gasteiger partial charge in [0.1, 0.15) is 6.61 Å². The van der Waals surface area contributed by atoms with Crippen LogP contribution in [-0.4, -0.2) is 31.5 Å². The lowest BCUT2D eigenvalue weighted by atomic mass is 10.2. The SMILES string of the molecule is C#CCOc1c(CNC[C@H](C)O)cccc1OC. The first kappa shape index (κ1) is 14.4. The van der Waals surface area contributed by atoms with Gasteiger partial charge in [-0.3, -0.25) is 0 Å². The Bertz CT molecular complexity index is 410. The second-order valence-corrected chi connectivity index (χ2v) is 3.92. The van der Waals surface area contributed by atoms with Crippen LogP contribution < -0.4 is 14.8 Å². The Hall–Kier alpha value is -1.70. The van der Waals surface area contributed by atoms with Crippen LogP contribution in [0.25, 0.3) is 0 Å². The van der Waals surface area contributed by atoms with Gasteiger partial charge >= 0.3 is 0 Å². The molecule has 1 aromatic carbocycles. The first-order valence-corrected chi connectivity index (χ1v) is 5.80. The van der Waals surface area contributed by atoms with Gasteiger partial charge in [0, 0.05) is 18.7 Å². The number of benzene rings is 1. The molecule has 0 spiro atoms. The first-order valence-electron chi connectivity index (χ1n) is 5.80. The number of para-hydroxylation sites is 1. The molecule has 0 unspecified atom stereocenters. The zero-order valence-electron chi connectivity index (χ0n) is 10.8. The van der Waals surface area contributed by atoms with E-state index in [0.29, 0.717) is 24.6 Å². The number of hydrogen-bond acceptors (Lipinski definition) is 4. The molecule has 4 nitrogen and oxygen atoms in total. The van der Waals surface area contributed by atoms with Crippen molar-refractivity contribution in [3.8, 4) is 23.8 Å². The van der Waals surface area contributed by atoms with Crippen LogP contribution in [0.3, 0.4) is 0 Å². The van der Waals surface area contributed by atoms with Crippen LogP contribution >= 0.6 is 0 Å². The van der Waals surface area contributed by atoms with Gasteiger partial charge in [-0.2, -0.15) is 0 Å². The molecule has 4 heteroatoms. The van der Waals surface area contributed by atoms with Crippen LogP contribution in [0.5, 0.6) is 11.5 Å². The van der Waals surface area contributed by atoms with Crippen LogP contribution in [0.2, 0.25) is 0 Å². The number of hydrogen-bond donors (Lipinski definition) is 2. The van der Waals surface area contributed by atoms with Gasteiger partial charge in [-0.05, 0) is 13.0 Å². The van der Waals surface area contributed by atoms with Gasteiger partial charge in [0.2, 0.25) is 0 Å². The summed E-state index contributed by atoms with van der Waals surface area (Å²) < 4.78 is 10.7. The molecule has 0 amide bonds. The van der Waals surface area contributed by atoms with Gasteiger partial charge in [0.25, 0.3) is 0 Å². The van der Waals surface area contributed by atoms with E-state index in [-0.39, 0.29) is 12.7 Å². The summed E-state index contributed by atoms with van der Waals surface area (Å²) in [5.74, 6) is 3.73. The molecule has 0 fully saturated rings. The summed E-state index contributed by atoms with van der Waals surface area (Å²) in [5, 5.41) is 12.3. The van der Waals surface area contributed by atoms with Crippen LogP contribution in [0, 0.1) is 12.3 Å². The third kappa shape index (κ3) is 4.28. The molecule has 18 heavy (non-hydrogen) atoms. The number of terminal acetylenes is 1. The summed E-state index contributed by atoms with van der Waals surface area (Å²) in [6, 6.07) is 5.65. The van der Waals surface area contributed by atoms with E-state index < -0.39 is 0 Å². The Balaban J connectivity index is 2.78. The van der Waals surface area contributed by atoms with Gasteiger partial charge in [0.05, 0.1) is 13.2 Å². The van der Waals surface area contributed by atoms with E-state index in [4.69, 9.17) is 15.9 Å². The Kier molecular flexibility index (Phi) is 6.06. The van der Waals surface area contributed by atoms with E-state index in [0.717, 1.165) is 5.56 Å². The lowest BCUT2D eigenvalue weighted by Crippen LogP contribution is -2.24. The van der Waals surface area contributed by atoms with Crippen LogP contribution in [-0.2, 0) is 6.54 Å². The molecule has 0 aliphatic rings. The van der Waals surface area contributed by atoms with E-state index in [1.807, 2.05) is 18.2 Å². The summed E-state index contributed by atoms with van der Waals surface area (Å²) >= 11 is 0. The summed E-state index contributed by atoms with van der Waals surface area (Å²) in [7, 11) is 1.59. The Labute approximate surface area is 108 Å². The van der Waals surface area contributed by atoms with E-state index in [2.05, 4.69) is 11.2 Å². The van der Waals surface area contributed by atoms with Crippen molar-refractivity contribution in [3.63, 3.8) is 0 Å². The summed E-state index contributed by atoms with van der Waals surface area (Å²) in [5.41, 5.74) is 0.949. The van der Waals surface area contributed by atoms with E-state index in [1.54, 1.807) is 14.0 Å². The molecule has 2 N–H and O–H groups in total. The maximum Gasteiger partial charge on any atom is 0.167 e. The molecule has 0 aliphatic heterocycles. The second-order valence-electron chi connectivity index (χ2n) is 3.92. The van der Waals surface area contributed by atoms with Crippen molar-refractivity contribution in [1.82, 2.24) is 5.32 Å². The van der Waals surface area contributed by atoms with Crippen molar-refractivity contribution in [2.45, 2.75) is 19.6 Å². The zero-order valence-corrected chi connectivity index (χ0v) is 10.8. The number of ether oxygens (including phenoxy) is 2. The van der Waals surface area contributed by atoms with Crippen molar-refractivity contribution in [2.24, 2.45) is 0 Å². The predicted molar refractivity (Wildman–Crippen MR) is 70.7 cm³/mol. The van der Waals surface area contributed by atoms with E-state index in [9.17, 15) is 5.11 Å². The average Bonchev–Trinajstić information content (AvgIpc) is 2.36. The highest BCUT2D eigenvalue weighted by molar-refractivity contribution is 5.46. The lowest BCUT2D eigenvalue weighted by molar-refractivity contribution is 0.190. The van der Waals surface area contributed by atoms with E-state index >= 15 is 0 Å². The standard InChI is InChI=1S/C14H19NO3/c1-4-8-18-14-12(10-15-9-11(2)16)6-5-7-13(14)17-3/h1,5-7,11,15-16H,8-10H2,2-3H3/t11-/m0/s1. The van der Waals surface area contributed by atoms with Gasteiger partial charge < -0.3 is 19.9 Å². The normalized spacial score (nSPS) is 11.7. The molecule has 0 aliphatic carbocycles. The summed E-state index contributed by atoms with van der Waals surface area (Å²) in [6.07, 6.45) is 4.81. The highest BCUT2D eigenvalue weighted by Gasteiger charge is 2.10. The largest absolute Gasteiger partial charge is 0.493 e. The molecular formula is C14H19NO3. The zero-order chi connectivity index (χ0) is 13.4. The van der Waals surface area contributed by atoms with Crippen LogP contribution in [0.4, 0.5) is 0 Å². The maximum absolute atomic E-state index is 9.20. The maximum atomic E-state index is 9.20. The quantitative estimate of drug-likeness (QED) is 0.712. The van der Waals surface area contributed by atoms with Crippen molar-refractivity contribution < 1.29 is 14.6 Å². The fourth-order valence-electron chi connectivity index (χ4n) is 1.55. The second kappa shape index (κ2) is 7.59. The van der Waals surface area contributed by atoms with Crippen molar-refractivity contribution in [1.29, 1.82) is 0 Å². The molecule has 0 radical (unpaired) electrons. The fourth-order valence-corrected chi connectivity index (χ4v) is 1.55. The molecule has 0 heterocycles. The molecule has 0 bridgehead atoms. The Morgan fingerprint density at radius 3 is 2.89 bits per heavy atom. The van der Waals surface area contributed by atoms with Crippen molar-refractivity contribution >= 4 is 0 Å². The number of aliphatic hydroxyl groups excluding tert-OH is 1. The number of nitrogens with one attached hydrogen (secondary N) is 1. The first-order chi connectivity index (χ1) is 8.69.